The summed E-state index contributed by atoms with van der Waals surface area (Å²) in [5.74, 6) is 0.863. The summed E-state index contributed by atoms with van der Waals surface area (Å²) in [6.07, 6.45) is 0. The van der Waals surface area contributed by atoms with Crippen molar-refractivity contribution >= 4 is 0 Å². The third-order valence-electron chi connectivity index (χ3n) is 1.13. The molecule has 0 aliphatic rings. The molecule has 0 bridgehead atoms. The molecule has 0 amide bonds. The molecule has 0 aliphatic heterocycles. The zero-order chi connectivity index (χ0) is 6.69. The summed E-state index contributed by atoms with van der Waals surface area (Å²) in [5.41, 5.74) is 0.981. The molecule has 3 heteroatoms. The van der Waals surface area contributed by atoms with Crippen molar-refractivity contribution in [1.82, 2.24) is 0 Å². The standard InChI is InChI=1S/C8H9O.ClH.Zn/c1-7-4-3-5-8(6-7)9-2;;/h3-6H,1H2,2H3;1H;/q-1;;+2/p-1. The van der Waals surface area contributed by atoms with Crippen molar-refractivity contribution in [2.75, 3.05) is 7.11 Å². The van der Waals surface area contributed by atoms with E-state index in [0.717, 1.165) is 11.3 Å². The zero-order valence-corrected chi connectivity index (χ0v) is 10.2. The molecule has 0 heterocycles. The van der Waals surface area contributed by atoms with Crippen LogP contribution in [0.1, 0.15) is 5.56 Å². The first-order chi connectivity index (χ1) is 4.33. The molecule has 11 heavy (non-hydrogen) atoms. The molecule has 0 fully saturated rings. The Morgan fingerprint density at radius 1 is 1.36 bits per heavy atom. The van der Waals surface area contributed by atoms with Crippen LogP contribution < -0.4 is 17.1 Å². The Kier molecular flexibility index (Phi) is 7.93. The van der Waals surface area contributed by atoms with E-state index in [-0.39, 0.29) is 31.9 Å². The zero-order valence-electron chi connectivity index (χ0n) is 6.51. The molecule has 56 valence electrons. The van der Waals surface area contributed by atoms with E-state index >= 15 is 0 Å². The molecule has 0 aromatic heterocycles. The second kappa shape index (κ2) is 6.51. The predicted octanol–water partition coefficient (Wildman–Crippen LogP) is -1.12. The van der Waals surface area contributed by atoms with Gasteiger partial charge in [-0.05, 0) is 6.07 Å². The number of ether oxygens (including phenoxy) is 1. The molecular weight excluding hydrogens is 213 g/mol. The Morgan fingerprint density at radius 2 is 2.00 bits per heavy atom. The van der Waals surface area contributed by atoms with Crippen LogP contribution in [-0.2, 0) is 19.5 Å². The molecule has 0 spiro atoms. The summed E-state index contributed by atoms with van der Waals surface area (Å²) < 4.78 is 4.96. The van der Waals surface area contributed by atoms with Crippen molar-refractivity contribution < 1.29 is 36.6 Å². The van der Waals surface area contributed by atoms with E-state index in [2.05, 4.69) is 6.92 Å². The fourth-order valence-electron chi connectivity index (χ4n) is 0.672. The average Bonchev–Trinajstić information content (AvgIpc) is 1.88. The van der Waals surface area contributed by atoms with E-state index in [9.17, 15) is 0 Å². The smallest absolute Gasteiger partial charge is 1.00 e. The van der Waals surface area contributed by atoms with Gasteiger partial charge in [-0.15, -0.1) is 12.1 Å². The molecule has 1 aromatic carbocycles. The topological polar surface area (TPSA) is 9.23 Å². The van der Waals surface area contributed by atoms with E-state index in [1.807, 2.05) is 24.3 Å². The molecule has 0 aliphatic carbocycles. The minimum absolute atomic E-state index is 0. The molecule has 1 nitrogen and oxygen atoms in total. The Balaban J connectivity index is 0. The van der Waals surface area contributed by atoms with E-state index in [0.29, 0.717) is 0 Å². The van der Waals surface area contributed by atoms with Gasteiger partial charge in [-0.3, -0.25) is 0 Å². The van der Waals surface area contributed by atoms with E-state index in [1.165, 1.54) is 0 Å². The molecule has 0 saturated carbocycles. The molecule has 0 atom stereocenters. The van der Waals surface area contributed by atoms with Crippen molar-refractivity contribution in [3.63, 3.8) is 0 Å². The van der Waals surface area contributed by atoms with Crippen LogP contribution in [0.5, 0.6) is 5.75 Å². The van der Waals surface area contributed by atoms with Crippen LogP contribution in [0, 0.1) is 6.92 Å². The second-order valence-electron chi connectivity index (χ2n) is 1.85. The number of methoxy groups -OCH3 is 1. The maximum Gasteiger partial charge on any atom is 2.00 e. The SMILES string of the molecule is [CH2-]c1cccc(OC)c1.[Cl-].[Zn+2]. The fourth-order valence-corrected chi connectivity index (χ4v) is 0.672. The summed E-state index contributed by atoms with van der Waals surface area (Å²) in [4.78, 5) is 0. The average molecular weight is 222 g/mol. The summed E-state index contributed by atoms with van der Waals surface area (Å²) in [7, 11) is 1.65. The van der Waals surface area contributed by atoms with Gasteiger partial charge in [-0.2, -0.15) is 18.6 Å². The maximum atomic E-state index is 4.96. The predicted molar refractivity (Wildman–Crippen MR) is 37.5 cm³/mol. The summed E-state index contributed by atoms with van der Waals surface area (Å²) in [6, 6.07) is 7.64. The number of benzene rings is 1. The minimum atomic E-state index is 0. The Bertz CT molecular complexity index is 203. The first-order valence-corrected chi connectivity index (χ1v) is 2.79. The molecule has 0 unspecified atom stereocenters. The summed E-state index contributed by atoms with van der Waals surface area (Å²) >= 11 is 0. The molecular formula is C8H9ClOZn. The van der Waals surface area contributed by atoms with Crippen LogP contribution in [0.4, 0.5) is 0 Å². The van der Waals surface area contributed by atoms with E-state index in [4.69, 9.17) is 4.74 Å². The normalized spacial score (nSPS) is 7.36. The van der Waals surface area contributed by atoms with Gasteiger partial charge in [0, 0.05) is 0 Å². The Hall–Kier alpha value is -0.197. The Morgan fingerprint density at radius 3 is 2.36 bits per heavy atom. The third-order valence-corrected chi connectivity index (χ3v) is 1.13. The number of hydrogen-bond donors (Lipinski definition) is 0. The van der Waals surface area contributed by atoms with Gasteiger partial charge < -0.3 is 17.1 Å². The summed E-state index contributed by atoms with van der Waals surface area (Å²) in [6.45, 7) is 3.75. The van der Waals surface area contributed by atoms with Crippen molar-refractivity contribution in [3.8, 4) is 5.75 Å². The Labute approximate surface area is 86.3 Å². The number of hydrogen-bond acceptors (Lipinski definition) is 1. The van der Waals surface area contributed by atoms with Crippen LogP contribution in [0.15, 0.2) is 24.3 Å². The monoisotopic (exact) mass is 220 g/mol. The van der Waals surface area contributed by atoms with E-state index < -0.39 is 0 Å². The van der Waals surface area contributed by atoms with Gasteiger partial charge in [0.15, 0.2) is 0 Å². The third kappa shape index (κ3) is 4.28. The summed E-state index contributed by atoms with van der Waals surface area (Å²) in [5, 5.41) is 0. The molecule has 1 aromatic rings. The van der Waals surface area contributed by atoms with Crippen LogP contribution in [-0.4, -0.2) is 7.11 Å². The minimum Gasteiger partial charge on any atom is -1.00 e. The van der Waals surface area contributed by atoms with Crippen molar-refractivity contribution in [2.24, 2.45) is 0 Å². The quantitative estimate of drug-likeness (QED) is 0.432. The molecule has 0 saturated heterocycles. The van der Waals surface area contributed by atoms with Gasteiger partial charge in [0.05, 0.1) is 12.9 Å². The fraction of sp³-hybridized carbons (Fsp3) is 0.125. The molecule has 0 radical (unpaired) electrons. The maximum absolute atomic E-state index is 4.96. The van der Waals surface area contributed by atoms with Crippen LogP contribution in [0.25, 0.3) is 0 Å². The van der Waals surface area contributed by atoms with Crippen LogP contribution >= 0.6 is 0 Å². The van der Waals surface area contributed by atoms with Crippen molar-refractivity contribution in [1.29, 1.82) is 0 Å². The van der Waals surface area contributed by atoms with Gasteiger partial charge >= 0.3 is 19.5 Å². The molecule has 0 N–H and O–H groups in total. The van der Waals surface area contributed by atoms with E-state index in [1.54, 1.807) is 7.11 Å². The largest absolute Gasteiger partial charge is 2.00 e. The van der Waals surface area contributed by atoms with Gasteiger partial charge in [0.2, 0.25) is 0 Å². The van der Waals surface area contributed by atoms with Gasteiger partial charge in [0.1, 0.15) is 0 Å². The van der Waals surface area contributed by atoms with Crippen molar-refractivity contribution in [2.45, 2.75) is 0 Å². The first-order valence-electron chi connectivity index (χ1n) is 2.79. The van der Waals surface area contributed by atoms with Crippen LogP contribution in [0.3, 0.4) is 0 Å². The first kappa shape index (κ1) is 13.4. The number of halogens is 1. The van der Waals surface area contributed by atoms with Gasteiger partial charge in [-0.1, -0.05) is 0 Å². The van der Waals surface area contributed by atoms with Gasteiger partial charge in [-0.25, -0.2) is 0 Å². The van der Waals surface area contributed by atoms with Gasteiger partial charge in [0.25, 0.3) is 0 Å². The van der Waals surface area contributed by atoms with Crippen molar-refractivity contribution in [3.05, 3.63) is 36.8 Å². The number of rotatable bonds is 1. The second-order valence-corrected chi connectivity index (χ2v) is 1.85. The molecule has 1 rings (SSSR count). The van der Waals surface area contributed by atoms with Crippen LogP contribution in [0.2, 0.25) is 0 Å².